The lowest BCUT2D eigenvalue weighted by molar-refractivity contribution is 0.101. The van der Waals surface area contributed by atoms with Crippen molar-refractivity contribution < 1.29 is 4.79 Å². The van der Waals surface area contributed by atoms with Crippen molar-refractivity contribution in [1.82, 2.24) is 25.1 Å². The molecule has 0 bridgehead atoms. The van der Waals surface area contributed by atoms with Gasteiger partial charge < -0.3 is 10.6 Å². The van der Waals surface area contributed by atoms with Crippen molar-refractivity contribution >= 4 is 34.8 Å². The summed E-state index contributed by atoms with van der Waals surface area (Å²) in [6, 6.07) is 7.48. The first-order valence-electron chi connectivity index (χ1n) is 10.1. The summed E-state index contributed by atoms with van der Waals surface area (Å²) in [6.07, 6.45) is 9.37. The van der Waals surface area contributed by atoms with Crippen LogP contribution in [0.25, 0.3) is 11.1 Å². The molecule has 162 valence electrons. The summed E-state index contributed by atoms with van der Waals surface area (Å²) in [7, 11) is 0. The normalized spacial score (nSPS) is 10.7. The highest BCUT2D eigenvalue weighted by Gasteiger charge is 2.12. The number of halogens is 1. The fourth-order valence-electron chi connectivity index (χ4n) is 3.11. The molecule has 0 aliphatic carbocycles. The number of aromatic amines is 1. The van der Waals surface area contributed by atoms with E-state index in [4.69, 9.17) is 11.6 Å². The molecule has 4 rings (SSSR count). The number of nitrogens with zero attached hydrogens (tertiary/aromatic N) is 4. The lowest BCUT2D eigenvalue weighted by Gasteiger charge is -2.14. The van der Waals surface area contributed by atoms with Gasteiger partial charge in [0.2, 0.25) is 5.95 Å². The van der Waals surface area contributed by atoms with Crippen LogP contribution in [0.5, 0.6) is 0 Å². The van der Waals surface area contributed by atoms with Crippen LogP contribution in [0.1, 0.15) is 28.4 Å². The monoisotopic (exact) mass is 447 g/mol. The number of ketones is 1. The molecule has 0 saturated carbocycles. The van der Waals surface area contributed by atoms with Crippen LogP contribution in [0, 0.1) is 6.92 Å². The van der Waals surface area contributed by atoms with E-state index in [1.807, 2.05) is 31.3 Å². The number of carbonyl (C=O) groups is 1. The zero-order valence-corrected chi connectivity index (χ0v) is 18.4. The molecular weight excluding hydrogens is 426 g/mol. The zero-order chi connectivity index (χ0) is 22.5. The van der Waals surface area contributed by atoms with Crippen LogP contribution >= 0.6 is 11.6 Å². The predicted octanol–water partition coefficient (Wildman–Crippen LogP) is 4.82. The second kappa shape index (κ2) is 9.57. The molecule has 3 heterocycles. The Hall–Kier alpha value is -3.78. The molecule has 0 amide bonds. The van der Waals surface area contributed by atoms with E-state index in [0.29, 0.717) is 28.9 Å². The van der Waals surface area contributed by atoms with Crippen LogP contribution in [0.3, 0.4) is 0 Å². The van der Waals surface area contributed by atoms with Crippen LogP contribution in [0.2, 0.25) is 5.02 Å². The third kappa shape index (κ3) is 5.09. The van der Waals surface area contributed by atoms with E-state index in [-0.39, 0.29) is 5.78 Å². The minimum Gasteiger partial charge on any atom is -0.369 e. The van der Waals surface area contributed by atoms with Gasteiger partial charge >= 0.3 is 0 Å². The van der Waals surface area contributed by atoms with E-state index >= 15 is 0 Å². The van der Waals surface area contributed by atoms with Crippen molar-refractivity contribution in [2.45, 2.75) is 20.3 Å². The SMILES string of the molecule is CC(=O)c1cncc(-c2cnc(Nc3ccc(C)c(Cl)c3)nc2NCCc2cn[nH]c2)c1. The van der Waals surface area contributed by atoms with Crippen molar-refractivity contribution in [3.8, 4) is 11.1 Å². The molecule has 0 aliphatic rings. The van der Waals surface area contributed by atoms with Gasteiger partial charge in [0.05, 0.1) is 6.20 Å². The molecule has 0 spiro atoms. The zero-order valence-electron chi connectivity index (χ0n) is 17.7. The van der Waals surface area contributed by atoms with Crippen molar-refractivity contribution in [3.05, 3.63) is 77.0 Å². The molecule has 4 aromatic rings. The standard InChI is InChI=1S/C23H22ClN7O/c1-14-3-4-19(8-21(14)24)30-23-27-13-20(18-7-17(15(2)32)11-25-12-18)22(31-23)26-6-5-16-9-28-29-10-16/h3-4,7-13H,5-6H2,1-2H3,(H,28,29)(H2,26,27,30,31). The van der Waals surface area contributed by atoms with Crippen LogP contribution in [0.15, 0.2) is 55.2 Å². The lowest BCUT2D eigenvalue weighted by Crippen LogP contribution is -2.09. The average molecular weight is 448 g/mol. The number of Topliss-reactive ketones (excluding diaryl/α,β-unsaturated/α-hetero) is 1. The Morgan fingerprint density at radius 3 is 2.78 bits per heavy atom. The van der Waals surface area contributed by atoms with E-state index < -0.39 is 0 Å². The van der Waals surface area contributed by atoms with Gasteiger partial charge in [-0.15, -0.1) is 0 Å². The maximum absolute atomic E-state index is 11.8. The van der Waals surface area contributed by atoms with Gasteiger partial charge in [-0.3, -0.25) is 14.9 Å². The highest BCUT2D eigenvalue weighted by molar-refractivity contribution is 6.31. The molecule has 0 saturated heterocycles. The summed E-state index contributed by atoms with van der Waals surface area (Å²) >= 11 is 6.24. The fraction of sp³-hybridized carbons (Fsp3) is 0.174. The first-order chi connectivity index (χ1) is 15.5. The largest absolute Gasteiger partial charge is 0.369 e. The second-order valence-corrected chi connectivity index (χ2v) is 7.75. The van der Waals surface area contributed by atoms with Gasteiger partial charge in [-0.25, -0.2) is 4.98 Å². The number of rotatable bonds is 8. The van der Waals surface area contributed by atoms with Gasteiger partial charge in [0.25, 0.3) is 0 Å². The first-order valence-corrected chi connectivity index (χ1v) is 10.5. The predicted molar refractivity (Wildman–Crippen MR) is 126 cm³/mol. The summed E-state index contributed by atoms with van der Waals surface area (Å²) in [6.45, 7) is 4.10. The molecule has 0 fully saturated rings. The number of aromatic nitrogens is 5. The van der Waals surface area contributed by atoms with Gasteiger partial charge in [0.15, 0.2) is 5.78 Å². The van der Waals surface area contributed by atoms with Crippen molar-refractivity contribution in [2.24, 2.45) is 0 Å². The van der Waals surface area contributed by atoms with Gasteiger partial charge in [-0.05, 0) is 49.6 Å². The topological polar surface area (TPSA) is 108 Å². The number of pyridine rings is 1. The van der Waals surface area contributed by atoms with Gasteiger partial charge in [-0.1, -0.05) is 17.7 Å². The summed E-state index contributed by atoms with van der Waals surface area (Å²) < 4.78 is 0. The molecule has 8 nitrogen and oxygen atoms in total. The number of aryl methyl sites for hydroxylation is 1. The highest BCUT2D eigenvalue weighted by atomic mass is 35.5. The minimum atomic E-state index is -0.0516. The summed E-state index contributed by atoms with van der Waals surface area (Å²) in [4.78, 5) is 25.2. The maximum Gasteiger partial charge on any atom is 0.229 e. The van der Waals surface area contributed by atoms with Crippen molar-refractivity contribution in [2.75, 3.05) is 17.2 Å². The van der Waals surface area contributed by atoms with E-state index in [1.54, 1.807) is 30.9 Å². The number of anilines is 3. The minimum absolute atomic E-state index is 0.0516. The smallest absolute Gasteiger partial charge is 0.229 e. The molecule has 3 N–H and O–H groups in total. The van der Waals surface area contributed by atoms with Gasteiger partial charge in [0, 0.05) is 58.7 Å². The van der Waals surface area contributed by atoms with Gasteiger partial charge in [-0.2, -0.15) is 10.1 Å². The van der Waals surface area contributed by atoms with Crippen LogP contribution < -0.4 is 10.6 Å². The molecular formula is C23H22ClN7O. The summed E-state index contributed by atoms with van der Waals surface area (Å²) in [5.74, 6) is 1.01. The molecule has 0 aliphatic heterocycles. The number of H-pyrrole nitrogens is 1. The van der Waals surface area contributed by atoms with Gasteiger partial charge in [0.1, 0.15) is 5.82 Å². The number of hydrogen-bond donors (Lipinski definition) is 3. The molecule has 3 aromatic heterocycles. The number of benzene rings is 1. The number of hydrogen-bond acceptors (Lipinski definition) is 7. The Bertz CT molecular complexity index is 1240. The molecule has 32 heavy (non-hydrogen) atoms. The quantitative estimate of drug-likeness (QED) is 0.332. The van der Waals surface area contributed by atoms with Crippen LogP contribution in [-0.2, 0) is 6.42 Å². The first kappa shape index (κ1) is 21.5. The van der Waals surface area contributed by atoms with Crippen molar-refractivity contribution in [1.29, 1.82) is 0 Å². The number of carbonyl (C=O) groups excluding carboxylic acids is 1. The molecule has 0 unspecified atom stereocenters. The van der Waals surface area contributed by atoms with E-state index in [1.165, 1.54) is 6.92 Å². The highest BCUT2D eigenvalue weighted by Crippen LogP contribution is 2.28. The van der Waals surface area contributed by atoms with E-state index in [9.17, 15) is 4.79 Å². The van der Waals surface area contributed by atoms with Crippen LogP contribution in [-0.4, -0.2) is 37.5 Å². The Balaban J connectivity index is 1.64. The molecule has 1 aromatic carbocycles. The lowest BCUT2D eigenvalue weighted by atomic mass is 10.1. The fourth-order valence-corrected chi connectivity index (χ4v) is 3.29. The Kier molecular flexibility index (Phi) is 6.42. The number of nitrogens with one attached hydrogen (secondary N) is 3. The average Bonchev–Trinajstić information content (AvgIpc) is 3.30. The molecule has 0 atom stereocenters. The Morgan fingerprint density at radius 2 is 2.03 bits per heavy atom. The maximum atomic E-state index is 11.8. The third-order valence-corrected chi connectivity index (χ3v) is 5.34. The van der Waals surface area contributed by atoms with Crippen molar-refractivity contribution in [3.63, 3.8) is 0 Å². The van der Waals surface area contributed by atoms with E-state index in [0.717, 1.165) is 34.4 Å². The third-order valence-electron chi connectivity index (χ3n) is 4.93. The second-order valence-electron chi connectivity index (χ2n) is 7.35. The van der Waals surface area contributed by atoms with E-state index in [2.05, 4.69) is 35.8 Å². The Labute approximate surface area is 190 Å². The van der Waals surface area contributed by atoms with Crippen LogP contribution in [0.4, 0.5) is 17.5 Å². The summed E-state index contributed by atoms with van der Waals surface area (Å²) in [5, 5.41) is 14.0. The molecule has 0 radical (unpaired) electrons. The molecule has 9 heteroatoms. The summed E-state index contributed by atoms with van der Waals surface area (Å²) in [5.41, 5.74) is 4.91. The Morgan fingerprint density at radius 1 is 1.16 bits per heavy atom.